The second-order valence-corrected chi connectivity index (χ2v) is 6.23. The average molecular weight is 312 g/mol. The number of aromatic nitrogens is 3. The summed E-state index contributed by atoms with van der Waals surface area (Å²) in [5.74, 6) is 2.05. The van der Waals surface area contributed by atoms with Crippen LogP contribution in [-0.2, 0) is 12.3 Å². The fourth-order valence-electron chi connectivity index (χ4n) is 2.13. The average Bonchev–Trinajstić information content (AvgIpc) is 3.18. The number of benzene rings is 1. The van der Waals surface area contributed by atoms with Crippen LogP contribution in [0.4, 0.5) is 4.39 Å². The third-order valence-corrected chi connectivity index (χ3v) is 4.74. The molecule has 20 heavy (non-hydrogen) atoms. The van der Waals surface area contributed by atoms with Gasteiger partial charge in [-0.25, -0.2) is 4.39 Å². The summed E-state index contributed by atoms with van der Waals surface area (Å²) >= 11 is 7.63. The topological polar surface area (TPSA) is 30.7 Å². The highest BCUT2D eigenvalue weighted by atomic mass is 35.5. The molecule has 3 nitrogen and oxygen atoms in total. The number of thioether (sulfide) groups is 1. The van der Waals surface area contributed by atoms with Gasteiger partial charge in [0.1, 0.15) is 11.6 Å². The van der Waals surface area contributed by atoms with Gasteiger partial charge in [-0.3, -0.25) is 0 Å². The molecule has 0 N–H and O–H groups in total. The minimum Gasteiger partial charge on any atom is -0.306 e. The van der Waals surface area contributed by atoms with Gasteiger partial charge in [0.15, 0.2) is 5.16 Å². The van der Waals surface area contributed by atoms with Crippen LogP contribution in [0, 0.1) is 5.82 Å². The smallest absolute Gasteiger partial charge is 0.191 e. The van der Waals surface area contributed by atoms with Crippen molar-refractivity contribution in [2.45, 2.75) is 43.1 Å². The van der Waals surface area contributed by atoms with E-state index in [0.29, 0.717) is 16.7 Å². The van der Waals surface area contributed by atoms with E-state index in [1.165, 1.54) is 25.0 Å². The Morgan fingerprint density at radius 1 is 1.40 bits per heavy atom. The van der Waals surface area contributed by atoms with Crippen LogP contribution in [-0.4, -0.2) is 14.8 Å². The molecule has 0 spiro atoms. The maximum absolute atomic E-state index is 13.0. The van der Waals surface area contributed by atoms with Gasteiger partial charge >= 0.3 is 0 Å². The maximum atomic E-state index is 13.0. The lowest BCUT2D eigenvalue weighted by Gasteiger charge is -2.07. The Morgan fingerprint density at radius 3 is 2.85 bits per heavy atom. The Kier molecular flexibility index (Phi) is 3.98. The van der Waals surface area contributed by atoms with E-state index >= 15 is 0 Å². The van der Waals surface area contributed by atoms with Crippen molar-refractivity contribution in [2.24, 2.45) is 0 Å². The first kappa shape index (κ1) is 13.9. The van der Waals surface area contributed by atoms with Gasteiger partial charge in [0.2, 0.25) is 0 Å². The van der Waals surface area contributed by atoms with Crippen molar-refractivity contribution in [3.8, 4) is 0 Å². The summed E-state index contributed by atoms with van der Waals surface area (Å²) < 4.78 is 15.2. The molecule has 0 bridgehead atoms. The van der Waals surface area contributed by atoms with Crippen LogP contribution in [0.15, 0.2) is 23.4 Å². The zero-order chi connectivity index (χ0) is 14.1. The Balaban J connectivity index is 1.74. The molecule has 0 unspecified atom stereocenters. The third-order valence-electron chi connectivity index (χ3n) is 3.38. The van der Waals surface area contributed by atoms with Crippen LogP contribution < -0.4 is 0 Å². The molecule has 1 saturated carbocycles. The van der Waals surface area contributed by atoms with E-state index in [9.17, 15) is 4.39 Å². The second-order valence-electron chi connectivity index (χ2n) is 4.88. The second kappa shape index (κ2) is 5.74. The molecule has 0 amide bonds. The Hall–Kier alpha value is -1.07. The lowest BCUT2D eigenvalue weighted by atomic mass is 10.2. The monoisotopic (exact) mass is 311 g/mol. The van der Waals surface area contributed by atoms with Crippen molar-refractivity contribution in [3.63, 3.8) is 0 Å². The zero-order valence-electron chi connectivity index (χ0n) is 11.1. The minimum atomic E-state index is -0.309. The molecule has 1 aliphatic carbocycles. The largest absolute Gasteiger partial charge is 0.306 e. The van der Waals surface area contributed by atoms with Crippen molar-refractivity contribution in [2.75, 3.05) is 0 Å². The van der Waals surface area contributed by atoms with Gasteiger partial charge in [-0.15, -0.1) is 10.2 Å². The summed E-state index contributed by atoms with van der Waals surface area (Å²) in [6.45, 7) is 2.97. The fraction of sp³-hybridized carbons (Fsp3) is 0.429. The molecule has 6 heteroatoms. The molecular weight excluding hydrogens is 297 g/mol. The predicted octanol–water partition coefficient (Wildman–Crippen LogP) is 4.26. The SMILES string of the molecule is CCn1c(SCc2ccc(F)cc2Cl)nnc1C1CC1. The number of hydrogen-bond donors (Lipinski definition) is 0. The normalized spacial score (nSPS) is 14.8. The molecule has 0 radical (unpaired) electrons. The van der Waals surface area contributed by atoms with Gasteiger partial charge < -0.3 is 4.57 Å². The predicted molar refractivity (Wildman–Crippen MR) is 78.6 cm³/mol. The number of halogens is 2. The van der Waals surface area contributed by atoms with E-state index in [1.54, 1.807) is 17.8 Å². The van der Waals surface area contributed by atoms with Gasteiger partial charge in [-0.05, 0) is 37.5 Å². The van der Waals surface area contributed by atoms with E-state index in [1.807, 2.05) is 0 Å². The molecular formula is C14H15ClFN3S. The molecule has 1 aromatic carbocycles. The summed E-state index contributed by atoms with van der Waals surface area (Å²) in [5, 5.41) is 9.94. The molecule has 1 aliphatic rings. The highest BCUT2D eigenvalue weighted by Crippen LogP contribution is 2.40. The van der Waals surface area contributed by atoms with Crippen LogP contribution in [0.3, 0.4) is 0 Å². The molecule has 3 rings (SSSR count). The lowest BCUT2D eigenvalue weighted by Crippen LogP contribution is -2.02. The first-order valence-electron chi connectivity index (χ1n) is 6.69. The van der Waals surface area contributed by atoms with Crippen LogP contribution in [0.5, 0.6) is 0 Å². The van der Waals surface area contributed by atoms with Crippen LogP contribution >= 0.6 is 23.4 Å². The summed E-state index contributed by atoms with van der Waals surface area (Å²) in [5.41, 5.74) is 0.914. The van der Waals surface area contributed by atoms with Crippen molar-refractivity contribution < 1.29 is 4.39 Å². The van der Waals surface area contributed by atoms with Crippen molar-refractivity contribution in [1.82, 2.24) is 14.8 Å². The van der Waals surface area contributed by atoms with Gasteiger partial charge in [0.25, 0.3) is 0 Å². The molecule has 0 aliphatic heterocycles. The van der Waals surface area contributed by atoms with Crippen LogP contribution in [0.1, 0.15) is 37.1 Å². The number of nitrogens with zero attached hydrogens (tertiary/aromatic N) is 3. The van der Waals surface area contributed by atoms with Gasteiger partial charge in [0, 0.05) is 23.2 Å². The molecule has 1 aromatic heterocycles. The van der Waals surface area contributed by atoms with Crippen LogP contribution in [0.25, 0.3) is 0 Å². The van der Waals surface area contributed by atoms with E-state index in [0.717, 1.165) is 23.1 Å². The van der Waals surface area contributed by atoms with E-state index in [-0.39, 0.29) is 5.82 Å². The van der Waals surface area contributed by atoms with Crippen molar-refractivity contribution in [1.29, 1.82) is 0 Å². The van der Waals surface area contributed by atoms with E-state index in [4.69, 9.17) is 11.6 Å². The van der Waals surface area contributed by atoms with Crippen LogP contribution in [0.2, 0.25) is 5.02 Å². The molecule has 106 valence electrons. The standard InChI is InChI=1S/C14H15ClFN3S/c1-2-19-13(9-3-4-9)17-18-14(19)20-8-10-5-6-11(16)7-12(10)15/h5-7,9H,2-4,8H2,1H3. The molecule has 0 atom stereocenters. The zero-order valence-corrected chi connectivity index (χ0v) is 12.7. The Bertz CT molecular complexity index is 625. The molecule has 1 fully saturated rings. The minimum absolute atomic E-state index is 0.309. The number of rotatable bonds is 5. The molecule has 2 aromatic rings. The summed E-state index contributed by atoms with van der Waals surface area (Å²) in [6.07, 6.45) is 2.43. The highest BCUT2D eigenvalue weighted by molar-refractivity contribution is 7.98. The maximum Gasteiger partial charge on any atom is 0.191 e. The van der Waals surface area contributed by atoms with E-state index < -0.39 is 0 Å². The van der Waals surface area contributed by atoms with Crippen molar-refractivity contribution >= 4 is 23.4 Å². The van der Waals surface area contributed by atoms with Gasteiger partial charge in [-0.2, -0.15) is 0 Å². The molecule has 1 heterocycles. The highest BCUT2D eigenvalue weighted by Gasteiger charge is 2.29. The molecule has 0 saturated heterocycles. The Labute approximate surface area is 126 Å². The summed E-state index contributed by atoms with van der Waals surface area (Å²) in [6, 6.07) is 4.50. The van der Waals surface area contributed by atoms with Crippen molar-refractivity contribution in [3.05, 3.63) is 40.4 Å². The lowest BCUT2D eigenvalue weighted by molar-refractivity contribution is 0.627. The van der Waals surface area contributed by atoms with E-state index in [2.05, 4.69) is 21.7 Å². The Morgan fingerprint density at radius 2 is 2.20 bits per heavy atom. The number of hydrogen-bond acceptors (Lipinski definition) is 3. The summed E-state index contributed by atoms with van der Waals surface area (Å²) in [4.78, 5) is 0. The summed E-state index contributed by atoms with van der Waals surface area (Å²) in [7, 11) is 0. The first-order valence-corrected chi connectivity index (χ1v) is 8.05. The van der Waals surface area contributed by atoms with Gasteiger partial charge in [-0.1, -0.05) is 29.4 Å². The first-order chi connectivity index (χ1) is 9.69. The fourth-order valence-corrected chi connectivity index (χ4v) is 3.46. The quantitative estimate of drug-likeness (QED) is 0.773. The third kappa shape index (κ3) is 2.83. The van der Waals surface area contributed by atoms with Gasteiger partial charge in [0.05, 0.1) is 0 Å².